The van der Waals surface area contributed by atoms with E-state index in [4.69, 9.17) is 4.42 Å². The van der Waals surface area contributed by atoms with E-state index in [-0.39, 0.29) is 5.91 Å². The average molecular weight is 360 g/mol. The van der Waals surface area contributed by atoms with E-state index in [2.05, 4.69) is 34.3 Å². The number of piperidine rings is 1. The van der Waals surface area contributed by atoms with Crippen molar-refractivity contribution in [1.82, 2.24) is 30.0 Å². The summed E-state index contributed by atoms with van der Waals surface area (Å²) in [5.41, 5.74) is -0.402. The predicted molar refractivity (Wildman–Crippen MR) is 96.5 cm³/mol. The third-order valence-corrected chi connectivity index (χ3v) is 5.21. The highest BCUT2D eigenvalue weighted by Crippen LogP contribution is 2.35. The summed E-state index contributed by atoms with van der Waals surface area (Å²) in [4.78, 5) is 16.8. The molecular formula is C18H28N6O2. The summed E-state index contributed by atoms with van der Waals surface area (Å²) in [5, 5.41) is 12.5. The lowest BCUT2D eigenvalue weighted by Gasteiger charge is -2.45. The molecule has 26 heavy (non-hydrogen) atoms. The fourth-order valence-corrected chi connectivity index (χ4v) is 3.58. The Morgan fingerprint density at radius 2 is 2.23 bits per heavy atom. The van der Waals surface area contributed by atoms with Gasteiger partial charge in [-0.1, -0.05) is 13.8 Å². The molecule has 0 spiro atoms. The highest BCUT2D eigenvalue weighted by atomic mass is 16.3. The minimum Gasteiger partial charge on any atom is -0.459 e. The summed E-state index contributed by atoms with van der Waals surface area (Å²) in [7, 11) is 4.06. The fraction of sp³-hybridized carbons (Fsp3) is 0.667. The van der Waals surface area contributed by atoms with Gasteiger partial charge in [-0.15, -0.1) is 5.10 Å². The number of likely N-dealkylation sites (N-methyl/N-ethyl adjacent to an activating group) is 1. The summed E-state index contributed by atoms with van der Waals surface area (Å²) in [5.74, 6) is 1.70. The van der Waals surface area contributed by atoms with Crippen LogP contribution >= 0.6 is 0 Å². The van der Waals surface area contributed by atoms with Crippen molar-refractivity contribution in [2.45, 2.75) is 45.2 Å². The zero-order chi connectivity index (χ0) is 18.7. The lowest BCUT2D eigenvalue weighted by molar-refractivity contribution is 0.0238. The van der Waals surface area contributed by atoms with Crippen molar-refractivity contribution in [1.29, 1.82) is 0 Å². The van der Waals surface area contributed by atoms with Crippen LogP contribution in [0.5, 0.6) is 0 Å². The van der Waals surface area contributed by atoms with Crippen LogP contribution in [0.1, 0.15) is 49.5 Å². The van der Waals surface area contributed by atoms with E-state index in [9.17, 15) is 4.79 Å². The van der Waals surface area contributed by atoms with Crippen LogP contribution in [0, 0.1) is 5.92 Å². The van der Waals surface area contributed by atoms with Gasteiger partial charge in [0, 0.05) is 19.6 Å². The number of tetrazole rings is 1. The molecule has 0 aliphatic carbocycles. The Kier molecular flexibility index (Phi) is 5.41. The van der Waals surface area contributed by atoms with Crippen LogP contribution in [0.25, 0.3) is 0 Å². The molecule has 3 rings (SSSR count). The molecule has 142 valence electrons. The molecule has 1 atom stereocenters. The topological polar surface area (TPSA) is 80.3 Å². The zero-order valence-corrected chi connectivity index (χ0v) is 16.1. The SMILES string of the molecule is CC(C)CCn1nnnc1C1(N(C)C)CCCN(C(=O)c2ccco2)C1. The third-order valence-electron chi connectivity index (χ3n) is 5.21. The smallest absolute Gasteiger partial charge is 0.289 e. The molecule has 1 fully saturated rings. The van der Waals surface area contributed by atoms with Crippen molar-refractivity contribution in [3.63, 3.8) is 0 Å². The molecule has 1 amide bonds. The molecular weight excluding hydrogens is 332 g/mol. The van der Waals surface area contributed by atoms with Crippen LogP contribution in [0.3, 0.4) is 0 Å². The van der Waals surface area contributed by atoms with Gasteiger partial charge >= 0.3 is 0 Å². The highest BCUT2D eigenvalue weighted by Gasteiger charge is 2.45. The van der Waals surface area contributed by atoms with Crippen molar-refractivity contribution >= 4 is 5.91 Å². The first kappa shape index (κ1) is 18.6. The number of hydrogen-bond donors (Lipinski definition) is 0. The van der Waals surface area contributed by atoms with Crippen LogP contribution in [-0.4, -0.2) is 63.1 Å². The minimum atomic E-state index is -0.402. The van der Waals surface area contributed by atoms with Crippen molar-refractivity contribution in [3.8, 4) is 0 Å². The van der Waals surface area contributed by atoms with Gasteiger partial charge in [-0.05, 0) is 61.8 Å². The lowest BCUT2D eigenvalue weighted by atomic mass is 9.86. The number of carbonyl (C=O) groups is 1. The molecule has 8 heteroatoms. The molecule has 1 unspecified atom stereocenters. The summed E-state index contributed by atoms with van der Waals surface area (Å²) in [6.45, 7) is 6.41. The summed E-state index contributed by atoms with van der Waals surface area (Å²) in [6.07, 6.45) is 4.34. The van der Waals surface area contributed by atoms with Crippen LogP contribution in [0.2, 0.25) is 0 Å². The first-order valence-electron chi connectivity index (χ1n) is 9.21. The number of nitrogens with zero attached hydrogens (tertiary/aromatic N) is 6. The van der Waals surface area contributed by atoms with Crippen molar-refractivity contribution < 1.29 is 9.21 Å². The third kappa shape index (κ3) is 3.51. The number of furan rings is 1. The first-order chi connectivity index (χ1) is 12.4. The molecule has 0 bridgehead atoms. The highest BCUT2D eigenvalue weighted by molar-refractivity contribution is 5.91. The number of amides is 1. The Labute approximate surface area is 154 Å². The quantitative estimate of drug-likeness (QED) is 0.784. The second kappa shape index (κ2) is 7.57. The lowest BCUT2D eigenvalue weighted by Crippen LogP contribution is -2.56. The molecule has 2 aromatic rings. The van der Waals surface area contributed by atoms with E-state index in [0.717, 1.165) is 31.6 Å². The van der Waals surface area contributed by atoms with Crippen LogP contribution in [0.15, 0.2) is 22.8 Å². The molecule has 0 aromatic carbocycles. The van der Waals surface area contributed by atoms with E-state index >= 15 is 0 Å². The second-order valence-corrected chi connectivity index (χ2v) is 7.64. The number of aryl methyl sites for hydroxylation is 1. The number of aromatic nitrogens is 4. The van der Waals surface area contributed by atoms with E-state index in [1.165, 1.54) is 6.26 Å². The Hall–Kier alpha value is -2.22. The number of likely N-dealkylation sites (tertiary alicyclic amines) is 1. The average Bonchev–Trinajstić information content (AvgIpc) is 3.31. The molecule has 2 aromatic heterocycles. The van der Waals surface area contributed by atoms with Crippen molar-refractivity contribution in [2.24, 2.45) is 5.92 Å². The van der Waals surface area contributed by atoms with Crippen LogP contribution in [-0.2, 0) is 12.1 Å². The monoisotopic (exact) mass is 360 g/mol. The van der Waals surface area contributed by atoms with Gasteiger partial charge in [-0.2, -0.15) is 0 Å². The Morgan fingerprint density at radius 3 is 2.88 bits per heavy atom. The fourth-order valence-electron chi connectivity index (χ4n) is 3.58. The molecule has 1 aliphatic heterocycles. The van der Waals surface area contributed by atoms with Gasteiger partial charge in [0.1, 0.15) is 5.54 Å². The van der Waals surface area contributed by atoms with Gasteiger partial charge in [-0.3, -0.25) is 9.69 Å². The normalized spacial score (nSPS) is 20.9. The van der Waals surface area contributed by atoms with Gasteiger partial charge in [0.25, 0.3) is 5.91 Å². The zero-order valence-electron chi connectivity index (χ0n) is 16.1. The molecule has 3 heterocycles. The number of carbonyl (C=O) groups excluding carboxylic acids is 1. The van der Waals surface area contributed by atoms with E-state index in [1.807, 2.05) is 23.7 Å². The maximum Gasteiger partial charge on any atom is 0.289 e. The Bertz CT molecular complexity index is 724. The summed E-state index contributed by atoms with van der Waals surface area (Å²) in [6, 6.07) is 3.45. The number of hydrogen-bond acceptors (Lipinski definition) is 6. The van der Waals surface area contributed by atoms with E-state index < -0.39 is 5.54 Å². The minimum absolute atomic E-state index is 0.0814. The summed E-state index contributed by atoms with van der Waals surface area (Å²) >= 11 is 0. The Balaban J connectivity index is 1.88. The van der Waals surface area contributed by atoms with Crippen molar-refractivity contribution in [3.05, 3.63) is 30.0 Å². The van der Waals surface area contributed by atoms with E-state index in [1.54, 1.807) is 12.1 Å². The standard InChI is InChI=1S/C18H28N6O2/c1-14(2)8-11-24-17(19-20-21-24)18(22(3)4)9-6-10-23(13-18)16(25)15-7-5-12-26-15/h5,7,12,14H,6,8-11,13H2,1-4H3. The molecule has 0 saturated carbocycles. The maximum absolute atomic E-state index is 12.8. The molecule has 8 nitrogen and oxygen atoms in total. The van der Waals surface area contributed by atoms with Crippen molar-refractivity contribution in [2.75, 3.05) is 27.2 Å². The first-order valence-corrected chi connectivity index (χ1v) is 9.21. The number of rotatable bonds is 6. The molecule has 0 N–H and O–H groups in total. The summed E-state index contributed by atoms with van der Waals surface area (Å²) < 4.78 is 7.21. The van der Waals surface area contributed by atoms with Gasteiger partial charge in [0.2, 0.25) is 0 Å². The maximum atomic E-state index is 12.8. The Morgan fingerprint density at radius 1 is 1.42 bits per heavy atom. The van der Waals surface area contributed by atoms with Gasteiger partial charge in [-0.25, -0.2) is 4.68 Å². The molecule has 0 radical (unpaired) electrons. The van der Waals surface area contributed by atoms with Gasteiger partial charge < -0.3 is 9.32 Å². The largest absolute Gasteiger partial charge is 0.459 e. The van der Waals surface area contributed by atoms with Gasteiger partial charge in [0.15, 0.2) is 11.6 Å². The second-order valence-electron chi connectivity index (χ2n) is 7.64. The molecule has 1 aliphatic rings. The van der Waals surface area contributed by atoms with Crippen LogP contribution in [0.4, 0.5) is 0 Å². The van der Waals surface area contributed by atoms with E-state index in [0.29, 0.717) is 24.8 Å². The van der Waals surface area contributed by atoms with Gasteiger partial charge in [0.05, 0.1) is 6.26 Å². The molecule has 1 saturated heterocycles. The predicted octanol–water partition coefficient (Wildman–Crippen LogP) is 2.01. The van der Waals surface area contributed by atoms with Crippen LogP contribution < -0.4 is 0 Å².